The van der Waals surface area contributed by atoms with Gasteiger partial charge in [0.2, 0.25) is 0 Å². The Morgan fingerprint density at radius 2 is 1.50 bits per heavy atom. The van der Waals surface area contributed by atoms with Crippen molar-refractivity contribution in [3.8, 4) is 11.3 Å². The standard InChI is InChI=1S/C29H23N5O2/c1-32-28(35)25-26(22-14-16-30-17-15-22)34(19-23-12-7-11-21-10-5-6-13-24(21)23)31-27(25)33(29(32)36)18-20-8-3-2-4-9-20/h2-17H,18-19H2,1H3. The molecule has 3 aromatic carbocycles. The molecule has 0 aliphatic carbocycles. The van der Waals surface area contributed by atoms with Crippen LogP contribution in [0.25, 0.3) is 33.1 Å². The van der Waals surface area contributed by atoms with E-state index in [2.05, 4.69) is 29.2 Å². The van der Waals surface area contributed by atoms with Crippen LogP contribution in [0, 0.1) is 0 Å². The first kappa shape index (κ1) is 21.7. The third-order valence-corrected chi connectivity index (χ3v) is 6.56. The van der Waals surface area contributed by atoms with Crippen molar-refractivity contribution in [3.63, 3.8) is 0 Å². The van der Waals surface area contributed by atoms with Crippen molar-refractivity contribution in [1.82, 2.24) is 23.9 Å². The van der Waals surface area contributed by atoms with Gasteiger partial charge in [-0.05, 0) is 34.0 Å². The second-order valence-corrected chi connectivity index (χ2v) is 8.80. The third kappa shape index (κ3) is 3.62. The first-order valence-corrected chi connectivity index (χ1v) is 11.7. The maximum absolute atomic E-state index is 13.5. The molecule has 3 heterocycles. The van der Waals surface area contributed by atoms with Crippen LogP contribution in [-0.4, -0.2) is 23.9 Å². The molecular formula is C29H23N5O2. The van der Waals surface area contributed by atoms with Gasteiger partial charge in [0.15, 0.2) is 5.65 Å². The zero-order valence-corrected chi connectivity index (χ0v) is 19.7. The van der Waals surface area contributed by atoms with Crippen molar-refractivity contribution >= 4 is 21.8 Å². The van der Waals surface area contributed by atoms with Crippen molar-refractivity contribution in [2.24, 2.45) is 7.05 Å². The molecule has 7 heteroatoms. The Hall–Kier alpha value is -4.78. The molecule has 176 valence electrons. The van der Waals surface area contributed by atoms with E-state index in [1.807, 2.05) is 65.3 Å². The van der Waals surface area contributed by atoms with Crippen LogP contribution in [0.15, 0.2) is 107 Å². The molecule has 0 N–H and O–H groups in total. The second-order valence-electron chi connectivity index (χ2n) is 8.80. The second kappa shape index (κ2) is 8.78. The fraction of sp³-hybridized carbons (Fsp3) is 0.103. The maximum atomic E-state index is 13.5. The van der Waals surface area contributed by atoms with E-state index in [0.717, 1.165) is 27.5 Å². The number of pyridine rings is 1. The van der Waals surface area contributed by atoms with E-state index in [1.54, 1.807) is 17.0 Å². The summed E-state index contributed by atoms with van der Waals surface area (Å²) >= 11 is 0. The molecule has 0 spiro atoms. The average molecular weight is 474 g/mol. The van der Waals surface area contributed by atoms with Crippen molar-refractivity contribution in [2.45, 2.75) is 13.1 Å². The maximum Gasteiger partial charge on any atom is 0.332 e. The highest BCUT2D eigenvalue weighted by Gasteiger charge is 2.22. The lowest BCUT2D eigenvalue weighted by Gasteiger charge is -2.10. The number of aromatic nitrogens is 5. The van der Waals surface area contributed by atoms with E-state index in [-0.39, 0.29) is 5.56 Å². The van der Waals surface area contributed by atoms with Gasteiger partial charge in [0, 0.05) is 25.0 Å². The fourth-order valence-corrected chi connectivity index (χ4v) is 4.78. The molecule has 7 nitrogen and oxygen atoms in total. The van der Waals surface area contributed by atoms with E-state index < -0.39 is 5.69 Å². The molecule has 0 saturated carbocycles. The third-order valence-electron chi connectivity index (χ3n) is 6.56. The van der Waals surface area contributed by atoms with Crippen LogP contribution in [0.1, 0.15) is 11.1 Å². The monoisotopic (exact) mass is 473 g/mol. The first-order valence-electron chi connectivity index (χ1n) is 11.7. The average Bonchev–Trinajstić information content (AvgIpc) is 3.30. The van der Waals surface area contributed by atoms with Gasteiger partial charge in [-0.1, -0.05) is 72.8 Å². The van der Waals surface area contributed by atoms with Crippen molar-refractivity contribution in [3.05, 3.63) is 129 Å². The topological polar surface area (TPSA) is 74.7 Å². The van der Waals surface area contributed by atoms with Gasteiger partial charge < -0.3 is 0 Å². The molecule has 0 fully saturated rings. The first-order chi connectivity index (χ1) is 17.6. The van der Waals surface area contributed by atoms with Crippen molar-refractivity contribution in [1.29, 1.82) is 0 Å². The van der Waals surface area contributed by atoms with Crippen LogP contribution in [-0.2, 0) is 20.1 Å². The number of hydrogen-bond acceptors (Lipinski definition) is 4. The van der Waals surface area contributed by atoms with Gasteiger partial charge in [0.1, 0.15) is 5.39 Å². The zero-order valence-electron chi connectivity index (χ0n) is 19.7. The predicted molar refractivity (Wildman–Crippen MR) is 141 cm³/mol. The minimum atomic E-state index is -0.396. The molecule has 0 aliphatic rings. The Morgan fingerprint density at radius 3 is 2.31 bits per heavy atom. The summed E-state index contributed by atoms with van der Waals surface area (Å²) < 4.78 is 4.58. The molecule has 3 aromatic heterocycles. The molecule has 0 radical (unpaired) electrons. The largest absolute Gasteiger partial charge is 0.332 e. The Kier molecular flexibility index (Phi) is 5.30. The molecular weight excluding hydrogens is 450 g/mol. The van der Waals surface area contributed by atoms with E-state index in [1.165, 1.54) is 11.6 Å². The summed E-state index contributed by atoms with van der Waals surface area (Å²) in [6.07, 6.45) is 3.39. The molecule has 0 saturated heterocycles. The molecule has 0 amide bonds. The summed E-state index contributed by atoms with van der Waals surface area (Å²) in [6, 6.07) is 27.8. The Morgan fingerprint density at radius 1 is 0.778 bits per heavy atom. The molecule has 6 rings (SSSR count). The van der Waals surface area contributed by atoms with Crippen LogP contribution in [0.2, 0.25) is 0 Å². The highest BCUT2D eigenvalue weighted by molar-refractivity contribution is 5.91. The summed E-state index contributed by atoms with van der Waals surface area (Å²) in [5.74, 6) is 0. The number of fused-ring (bicyclic) bond motifs is 2. The Bertz CT molecular complexity index is 1830. The highest BCUT2D eigenvalue weighted by Crippen LogP contribution is 2.28. The number of nitrogens with zero attached hydrogens (tertiary/aromatic N) is 5. The Balaban J connectivity index is 1.64. The lowest BCUT2D eigenvalue weighted by molar-refractivity contribution is 0.652. The number of hydrogen-bond donors (Lipinski definition) is 0. The van der Waals surface area contributed by atoms with Crippen LogP contribution >= 0.6 is 0 Å². The van der Waals surface area contributed by atoms with Crippen molar-refractivity contribution < 1.29 is 0 Å². The van der Waals surface area contributed by atoms with Gasteiger partial charge in [0.25, 0.3) is 5.56 Å². The fourth-order valence-electron chi connectivity index (χ4n) is 4.78. The molecule has 36 heavy (non-hydrogen) atoms. The zero-order chi connectivity index (χ0) is 24.6. The summed E-state index contributed by atoms with van der Waals surface area (Å²) in [7, 11) is 1.52. The van der Waals surface area contributed by atoms with Crippen LogP contribution < -0.4 is 11.2 Å². The van der Waals surface area contributed by atoms with Gasteiger partial charge in [-0.3, -0.25) is 23.6 Å². The molecule has 0 unspecified atom stereocenters. The van der Waals surface area contributed by atoms with Gasteiger partial charge in [0.05, 0.1) is 18.8 Å². The van der Waals surface area contributed by atoms with Gasteiger partial charge >= 0.3 is 5.69 Å². The van der Waals surface area contributed by atoms with Crippen LogP contribution in [0.3, 0.4) is 0 Å². The van der Waals surface area contributed by atoms with E-state index in [0.29, 0.717) is 29.8 Å². The number of benzene rings is 3. The van der Waals surface area contributed by atoms with E-state index >= 15 is 0 Å². The normalized spacial score (nSPS) is 11.4. The summed E-state index contributed by atoms with van der Waals surface area (Å²) in [4.78, 5) is 30.9. The van der Waals surface area contributed by atoms with Crippen LogP contribution in [0.5, 0.6) is 0 Å². The highest BCUT2D eigenvalue weighted by atomic mass is 16.2. The van der Waals surface area contributed by atoms with Gasteiger partial charge in [-0.15, -0.1) is 0 Å². The summed E-state index contributed by atoms with van der Waals surface area (Å²) in [5, 5.41) is 7.57. The van der Waals surface area contributed by atoms with E-state index in [4.69, 9.17) is 5.10 Å². The quantitative estimate of drug-likeness (QED) is 0.376. The molecule has 0 atom stereocenters. The van der Waals surface area contributed by atoms with Gasteiger partial charge in [-0.2, -0.15) is 5.10 Å². The smallest absolute Gasteiger partial charge is 0.271 e. The predicted octanol–water partition coefficient (Wildman–Crippen LogP) is 4.21. The van der Waals surface area contributed by atoms with Crippen LogP contribution in [0.4, 0.5) is 0 Å². The minimum Gasteiger partial charge on any atom is -0.271 e. The SMILES string of the molecule is Cn1c(=O)c2c(-c3ccncc3)n(Cc3cccc4ccccc34)nc2n(Cc2ccccc2)c1=O. The number of rotatable bonds is 5. The lowest BCUT2D eigenvalue weighted by Crippen LogP contribution is -2.38. The molecule has 0 aliphatic heterocycles. The van der Waals surface area contributed by atoms with E-state index in [9.17, 15) is 9.59 Å². The Labute approximate surface area is 206 Å². The van der Waals surface area contributed by atoms with Gasteiger partial charge in [-0.25, -0.2) is 4.79 Å². The summed E-state index contributed by atoms with van der Waals surface area (Å²) in [6.45, 7) is 0.752. The molecule has 6 aromatic rings. The minimum absolute atomic E-state index is 0.311. The van der Waals surface area contributed by atoms with Crippen molar-refractivity contribution in [2.75, 3.05) is 0 Å². The lowest BCUT2D eigenvalue weighted by atomic mass is 10.0. The summed E-state index contributed by atoms with van der Waals surface area (Å²) in [5.41, 5.74) is 3.12. The molecule has 0 bridgehead atoms.